The average molecular weight is 409 g/mol. The molecule has 3 heterocycles. The van der Waals surface area contributed by atoms with Crippen molar-refractivity contribution in [3.05, 3.63) is 64.5 Å². The molecular formula is C19H15N5O4S. The van der Waals surface area contributed by atoms with Crippen molar-refractivity contribution < 1.29 is 13.7 Å². The molecule has 0 fully saturated rings. The Morgan fingerprint density at radius 2 is 2.07 bits per heavy atom. The zero-order chi connectivity index (χ0) is 20.4. The number of carbonyl (C=O) groups is 1. The maximum absolute atomic E-state index is 12.9. The van der Waals surface area contributed by atoms with Gasteiger partial charge in [0.1, 0.15) is 5.03 Å². The van der Waals surface area contributed by atoms with E-state index in [2.05, 4.69) is 29.9 Å². The Hall–Kier alpha value is -3.66. The van der Waals surface area contributed by atoms with Crippen LogP contribution in [0.25, 0.3) is 23.0 Å². The van der Waals surface area contributed by atoms with Gasteiger partial charge in [-0.25, -0.2) is 14.8 Å². The molecule has 9 nitrogen and oxygen atoms in total. The number of aromatic amines is 1. The third-order valence-electron chi connectivity index (χ3n) is 4.05. The Kier molecular flexibility index (Phi) is 5.00. The Labute approximate surface area is 168 Å². The Morgan fingerprint density at radius 1 is 1.21 bits per heavy atom. The van der Waals surface area contributed by atoms with E-state index in [9.17, 15) is 9.59 Å². The van der Waals surface area contributed by atoms with Gasteiger partial charge in [0.2, 0.25) is 0 Å². The summed E-state index contributed by atoms with van der Waals surface area (Å²) in [6.07, 6.45) is 3.38. The fraction of sp³-hybridized carbons (Fsp3) is 0.105. The van der Waals surface area contributed by atoms with Gasteiger partial charge < -0.3 is 9.73 Å². The number of aromatic nitrogens is 4. The number of H-pyrrole nitrogens is 1. The summed E-state index contributed by atoms with van der Waals surface area (Å²) in [6.45, 7) is 1.75. The SMILES string of the molecule is CSc1nc(-c2ccco2)nc(C)c1C(=O)Nc1cccc(-c2noc(=O)[nH]2)c1. The van der Waals surface area contributed by atoms with Crippen molar-refractivity contribution in [1.29, 1.82) is 0 Å². The molecule has 1 amide bonds. The molecule has 0 spiro atoms. The molecule has 0 saturated carbocycles. The van der Waals surface area contributed by atoms with E-state index in [1.54, 1.807) is 49.6 Å². The van der Waals surface area contributed by atoms with Crippen molar-refractivity contribution in [2.45, 2.75) is 11.9 Å². The van der Waals surface area contributed by atoms with Gasteiger partial charge in [-0.3, -0.25) is 14.3 Å². The number of aryl methyl sites for hydroxylation is 1. The molecule has 10 heteroatoms. The van der Waals surface area contributed by atoms with Crippen LogP contribution in [0.15, 0.2) is 61.4 Å². The molecule has 29 heavy (non-hydrogen) atoms. The molecule has 3 aromatic heterocycles. The van der Waals surface area contributed by atoms with Crippen LogP contribution >= 0.6 is 11.8 Å². The number of anilines is 1. The fourth-order valence-corrected chi connectivity index (χ4v) is 3.39. The molecule has 0 atom stereocenters. The molecule has 0 unspecified atom stereocenters. The molecule has 4 rings (SSSR count). The van der Waals surface area contributed by atoms with Crippen LogP contribution in [0.2, 0.25) is 0 Å². The van der Waals surface area contributed by atoms with Crippen molar-refractivity contribution in [2.24, 2.45) is 0 Å². The lowest BCUT2D eigenvalue weighted by Gasteiger charge is -2.12. The van der Waals surface area contributed by atoms with E-state index in [1.807, 2.05) is 6.26 Å². The second-order valence-electron chi connectivity index (χ2n) is 5.97. The van der Waals surface area contributed by atoms with Crippen LogP contribution in [0.5, 0.6) is 0 Å². The number of amides is 1. The average Bonchev–Trinajstić information content (AvgIpc) is 3.39. The van der Waals surface area contributed by atoms with Gasteiger partial charge in [0.25, 0.3) is 5.91 Å². The van der Waals surface area contributed by atoms with Gasteiger partial charge in [-0.05, 0) is 37.4 Å². The molecule has 0 radical (unpaired) electrons. The summed E-state index contributed by atoms with van der Waals surface area (Å²) in [6, 6.07) is 10.4. The van der Waals surface area contributed by atoms with Gasteiger partial charge >= 0.3 is 5.76 Å². The van der Waals surface area contributed by atoms with Crippen LogP contribution in [-0.4, -0.2) is 32.3 Å². The van der Waals surface area contributed by atoms with Crippen molar-refractivity contribution in [2.75, 3.05) is 11.6 Å². The summed E-state index contributed by atoms with van der Waals surface area (Å²) in [5.74, 6) is 0.236. The number of nitrogens with zero attached hydrogens (tertiary/aromatic N) is 3. The van der Waals surface area contributed by atoms with E-state index < -0.39 is 5.76 Å². The van der Waals surface area contributed by atoms with Crippen molar-refractivity contribution in [1.82, 2.24) is 20.1 Å². The molecular weight excluding hydrogens is 394 g/mol. The Bertz CT molecular complexity index is 1230. The van der Waals surface area contributed by atoms with Crippen molar-refractivity contribution in [3.8, 4) is 23.0 Å². The lowest BCUT2D eigenvalue weighted by Crippen LogP contribution is -2.17. The van der Waals surface area contributed by atoms with Crippen LogP contribution in [0.3, 0.4) is 0 Å². The van der Waals surface area contributed by atoms with E-state index in [4.69, 9.17) is 4.42 Å². The largest absolute Gasteiger partial charge is 0.461 e. The minimum atomic E-state index is -0.650. The van der Waals surface area contributed by atoms with Gasteiger partial charge in [0.05, 0.1) is 17.5 Å². The predicted octanol–water partition coefficient (Wildman–Crippen LogP) is 3.36. The van der Waals surface area contributed by atoms with E-state index >= 15 is 0 Å². The molecule has 0 bridgehead atoms. The molecule has 2 N–H and O–H groups in total. The smallest absolute Gasteiger partial charge is 0.439 e. The molecule has 4 aromatic rings. The monoisotopic (exact) mass is 409 g/mol. The van der Waals surface area contributed by atoms with E-state index in [0.29, 0.717) is 39.1 Å². The Balaban J connectivity index is 1.64. The standard InChI is InChI=1S/C19H15N5O4S/c1-10-14(18(29-2)22-16(20-10)13-7-4-8-27-13)17(25)21-12-6-3-5-11(9-12)15-23-19(26)28-24-15/h3-9H,1-2H3,(H,21,25)(H,23,24,26). The number of carbonyl (C=O) groups excluding carboxylic acids is 1. The van der Waals surface area contributed by atoms with Gasteiger partial charge in [0, 0.05) is 11.3 Å². The molecule has 1 aromatic carbocycles. The summed E-state index contributed by atoms with van der Waals surface area (Å²) < 4.78 is 9.88. The highest BCUT2D eigenvalue weighted by atomic mass is 32.2. The first kappa shape index (κ1) is 18.7. The second kappa shape index (κ2) is 7.76. The molecule has 0 aliphatic rings. The van der Waals surface area contributed by atoms with Gasteiger partial charge in [-0.1, -0.05) is 17.3 Å². The van der Waals surface area contributed by atoms with Gasteiger partial charge in [0.15, 0.2) is 17.4 Å². The number of nitrogens with one attached hydrogen (secondary N) is 2. The van der Waals surface area contributed by atoms with Crippen LogP contribution < -0.4 is 11.1 Å². The van der Waals surface area contributed by atoms with Crippen LogP contribution in [0.4, 0.5) is 5.69 Å². The molecule has 0 aliphatic carbocycles. The van der Waals surface area contributed by atoms with Crippen molar-refractivity contribution in [3.63, 3.8) is 0 Å². The molecule has 0 aliphatic heterocycles. The highest BCUT2D eigenvalue weighted by Gasteiger charge is 2.20. The van der Waals surface area contributed by atoms with Crippen LogP contribution in [0, 0.1) is 6.92 Å². The highest BCUT2D eigenvalue weighted by Crippen LogP contribution is 2.26. The van der Waals surface area contributed by atoms with Crippen molar-refractivity contribution >= 4 is 23.4 Å². The van der Waals surface area contributed by atoms with E-state index in [-0.39, 0.29) is 11.7 Å². The summed E-state index contributed by atoms with van der Waals surface area (Å²) in [4.78, 5) is 35.4. The quantitative estimate of drug-likeness (QED) is 0.379. The summed E-state index contributed by atoms with van der Waals surface area (Å²) in [5, 5.41) is 7.03. The maximum Gasteiger partial charge on any atom is 0.439 e. The molecule has 146 valence electrons. The fourth-order valence-electron chi connectivity index (χ4n) is 2.76. The van der Waals surface area contributed by atoms with E-state index in [1.165, 1.54) is 11.8 Å². The number of hydrogen-bond donors (Lipinski definition) is 2. The highest BCUT2D eigenvalue weighted by molar-refractivity contribution is 7.98. The zero-order valence-corrected chi connectivity index (χ0v) is 16.2. The Morgan fingerprint density at radius 3 is 2.76 bits per heavy atom. The minimum Gasteiger partial charge on any atom is -0.461 e. The number of benzene rings is 1. The van der Waals surface area contributed by atoms with Gasteiger partial charge in [-0.2, -0.15) is 0 Å². The first-order chi connectivity index (χ1) is 14.0. The zero-order valence-electron chi connectivity index (χ0n) is 15.4. The number of rotatable bonds is 5. The number of hydrogen-bond acceptors (Lipinski definition) is 8. The first-order valence-electron chi connectivity index (χ1n) is 8.49. The third-order valence-corrected chi connectivity index (χ3v) is 4.73. The third kappa shape index (κ3) is 3.83. The van der Waals surface area contributed by atoms with Crippen LogP contribution in [0.1, 0.15) is 16.1 Å². The van der Waals surface area contributed by atoms with Crippen LogP contribution in [-0.2, 0) is 0 Å². The van der Waals surface area contributed by atoms with E-state index in [0.717, 1.165) is 0 Å². The number of furan rings is 1. The maximum atomic E-state index is 12.9. The number of thioether (sulfide) groups is 1. The summed E-state index contributed by atoms with van der Waals surface area (Å²) in [7, 11) is 0. The normalized spacial score (nSPS) is 10.8. The first-order valence-corrected chi connectivity index (χ1v) is 9.72. The lowest BCUT2D eigenvalue weighted by molar-refractivity contribution is 0.102. The van der Waals surface area contributed by atoms with Gasteiger partial charge in [-0.15, -0.1) is 11.8 Å². The molecule has 0 saturated heterocycles. The summed E-state index contributed by atoms with van der Waals surface area (Å²) in [5.41, 5.74) is 2.04. The summed E-state index contributed by atoms with van der Waals surface area (Å²) >= 11 is 1.35. The lowest BCUT2D eigenvalue weighted by atomic mass is 10.1. The second-order valence-corrected chi connectivity index (χ2v) is 6.77. The predicted molar refractivity (Wildman–Crippen MR) is 107 cm³/mol. The minimum absolute atomic E-state index is 0.276. The topological polar surface area (TPSA) is 127 Å².